The number of rotatable bonds is 6. The van der Waals surface area contributed by atoms with Crippen molar-refractivity contribution in [1.29, 1.82) is 0 Å². The number of likely N-dealkylation sites (tertiary alicyclic amines) is 1. The molecule has 0 bridgehead atoms. The molecule has 0 atom stereocenters. The molecular formula is C20H30F3N5O. The molecule has 162 valence electrons. The second-order valence-electron chi connectivity index (χ2n) is 7.62. The van der Waals surface area contributed by atoms with E-state index in [0.717, 1.165) is 44.2 Å². The fourth-order valence-electron chi connectivity index (χ4n) is 4.02. The highest BCUT2D eigenvalue weighted by Gasteiger charge is 2.30. The van der Waals surface area contributed by atoms with Gasteiger partial charge in [-0.2, -0.15) is 13.2 Å². The topological polar surface area (TPSA) is 61.8 Å². The Kier molecular flexibility index (Phi) is 7.57. The number of alkyl halides is 3. The van der Waals surface area contributed by atoms with Gasteiger partial charge in [0.2, 0.25) is 5.88 Å². The third-order valence-corrected chi connectivity index (χ3v) is 5.64. The van der Waals surface area contributed by atoms with Gasteiger partial charge in [-0.15, -0.1) is 0 Å². The van der Waals surface area contributed by atoms with E-state index in [1.807, 2.05) is 0 Å². The Morgan fingerprint density at radius 1 is 1.21 bits per heavy atom. The minimum absolute atomic E-state index is 0.169. The van der Waals surface area contributed by atoms with Crippen LogP contribution < -0.4 is 15.4 Å². The Labute approximate surface area is 169 Å². The number of nitrogens with zero attached hydrogens (tertiary/aromatic N) is 3. The standard InChI is InChI=1S/C20H30F3N5O/c1-24-19(27-16-8-11-28(12-9-16)17-4-2-3-5-17)25-10-13-29-18-7-6-15(14-26-18)20(21,22)23/h6-7,14,16-17H,2-5,8-13H2,1H3,(H2,24,25,27). The van der Waals surface area contributed by atoms with E-state index in [1.54, 1.807) is 7.05 Å². The molecule has 1 aromatic rings. The summed E-state index contributed by atoms with van der Waals surface area (Å²) in [7, 11) is 1.72. The van der Waals surface area contributed by atoms with Gasteiger partial charge in [0, 0.05) is 44.5 Å². The van der Waals surface area contributed by atoms with Crippen LogP contribution in [0.2, 0.25) is 0 Å². The zero-order valence-corrected chi connectivity index (χ0v) is 16.8. The van der Waals surface area contributed by atoms with Gasteiger partial charge in [0.25, 0.3) is 0 Å². The minimum Gasteiger partial charge on any atom is -0.476 e. The van der Waals surface area contributed by atoms with Gasteiger partial charge < -0.3 is 20.3 Å². The highest BCUT2D eigenvalue weighted by molar-refractivity contribution is 5.79. The monoisotopic (exact) mass is 413 g/mol. The number of nitrogens with one attached hydrogen (secondary N) is 2. The average molecular weight is 413 g/mol. The molecule has 0 amide bonds. The minimum atomic E-state index is -4.39. The summed E-state index contributed by atoms with van der Waals surface area (Å²) in [5.74, 6) is 0.885. The Bertz CT molecular complexity index is 651. The average Bonchev–Trinajstić information content (AvgIpc) is 3.25. The molecule has 2 N–H and O–H groups in total. The summed E-state index contributed by atoms with van der Waals surface area (Å²) in [6, 6.07) is 3.38. The van der Waals surface area contributed by atoms with E-state index in [0.29, 0.717) is 18.5 Å². The molecule has 9 heteroatoms. The number of piperidine rings is 1. The number of ether oxygens (including phenoxy) is 1. The third-order valence-electron chi connectivity index (χ3n) is 5.64. The van der Waals surface area contributed by atoms with E-state index in [1.165, 1.54) is 31.7 Å². The predicted molar refractivity (Wildman–Crippen MR) is 106 cm³/mol. The van der Waals surface area contributed by atoms with Gasteiger partial charge in [0.05, 0.1) is 12.1 Å². The van der Waals surface area contributed by atoms with Crippen molar-refractivity contribution in [3.63, 3.8) is 0 Å². The molecule has 1 aliphatic heterocycles. The second kappa shape index (κ2) is 10.1. The Hall–Kier alpha value is -2.03. The van der Waals surface area contributed by atoms with Crippen molar-refractivity contribution in [3.05, 3.63) is 23.9 Å². The molecule has 3 rings (SSSR count). The molecule has 1 saturated heterocycles. The van der Waals surface area contributed by atoms with Gasteiger partial charge in [-0.05, 0) is 31.7 Å². The fraction of sp³-hybridized carbons (Fsp3) is 0.700. The highest BCUT2D eigenvalue weighted by Crippen LogP contribution is 2.29. The number of hydrogen-bond donors (Lipinski definition) is 2. The first-order valence-corrected chi connectivity index (χ1v) is 10.3. The van der Waals surface area contributed by atoms with E-state index >= 15 is 0 Å². The maximum Gasteiger partial charge on any atom is 0.417 e. The van der Waals surface area contributed by atoms with Crippen LogP contribution in [0.5, 0.6) is 5.88 Å². The van der Waals surface area contributed by atoms with Gasteiger partial charge in [0.15, 0.2) is 5.96 Å². The molecular weight excluding hydrogens is 383 g/mol. The van der Waals surface area contributed by atoms with Crippen LogP contribution in [-0.2, 0) is 6.18 Å². The number of hydrogen-bond acceptors (Lipinski definition) is 4. The predicted octanol–water partition coefficient (Wildman–Crippen LogP) is 3.05. The summed E-state index contributed by atoms with van der Waals surface area (Å²) >= 11 is 0. The zero-order valence-electron chi connectivity index (χ0n) is 16.8. The second-order valence-corrected chi connectivity index (χ2v) is 7.62. The van der Waals surface area contributed by atoms with E-state index < -0.39 is 11.7 Å². The van der Waals surface area contributed by atoms with E-state index in [2.05, 4.69) is 25.5 Å². The van der Waals surface area contributed by atoms with Crippen molar-refractivity contribution in [1.82, 2.24) is 20.5 Å². The van der Waals surface area contributed by atoms with Crippen LogP contribution in [0.3, 0.4) is 0 Å². The largest absolute Gasteiger partial charge is 0.476 e. The number of pyridine rings is 1. The van der Waals surface area contributed by atoms with Crippen molar-refractivity contribution in [2.24, 2.45) is 4.99 Å². The van der Waals surface area contributed by atoms with Crippen molar-refractivity contribution in [2.75, 3.05) is 33.3 Å². The van der Waals surface area contributed by atoms with Crippen molar-refractivity contribution in [3.8, 4) is 5.88 Å². The molecule has 2 heterocycles. The van der Waals surface area contributed by atoms with Crippen LogP contribution in [0.4, 0.5) is 13.2 Å². The molecule has 2 aliphatic rings. The van der Waals surface area contributed by atoms with E-state index in [4.69, 9.17) is 4.74 Å². The summed E-state index contributed by atoms with van der Waals surface area (Å²) in [5, 5.41) is 6.64. The lowest BCUT2D eigenvalue weighted by atomic mass is 10.0. The Morgan fingerprint density at radius 3 is 2.52 bits per heavy atom. The molecule has 2 fully saturated rings. The molecule has 1 saturated carbocycles. The summed E-state index contributed by atoms with van der Waals surface area (Å²) in [6.45, 7) is 3.01. The SMILES string of the molecule is CN=C(NCCOc1ccc(C(F)(F)F)cn1)NC1CCN(C2CCCC2)CC1. The smallest absolute Gasteiger partial charge is 0.417 e. The lowest BCUT2D eigenvalue weighted by Gasteiger charge is -2.36. The van der Waals surface area contributed by atoms with E-state index in [9.17, 15) is 13.2 Å². The Balaban J connectivity index is 1.33. The number of guanidine groups is 1. The fourth-order valence-corrected chi connectivity index (χ4v) is 4.02. The van der Waals surface area contributed by atoms with Gasteiger partial charge in [0.1, 0.15) is 6.61 Å². The molecule has 6 nitrogen and oxygen atoms in total. The molecule has 1 aromatic heterocycles. The number of halogens is 3. The highest BCUT2D eigenvalue weighted by atomic mass is 19.4. The van der Waals surface area contributed by atoms with Crippen molar-refractivity contribution < 1.29 is 17.9 Å². The molecule has 0 unspecified atom stereocenters. The molecule has 0 aromatic carbocycles. The molecule has 1 aliphatic carbocycles. The van der Waals surface area contributed by atoms with Crippen LogP contribution in [-0.4, -0.2) is 61.2 Å². The normalized spacial score (nSPS) is 20.1. The van der Waals surface area contributed by atoms with Crippen molar-refractivity contribution in [2.45, 2.75) is 56.8 Å². The molecule has 0 spiro atoms. The van der Waals surface area contributed by atoms with Crippen molar-refractivity contribution >= 4 is 5.96 Å². The van der Waals surface area contributed by atoms with Gasteiger partial charge >= 0.3 is 6.18 Å². The summed E-state index contributed by atoms with van der Waals surface area (Å²) in [5.41, 5.74) is -0.786. The lowest BCUT2D eigenvalue weighted by molar-refractivity contribution is -0.137. The molecule has 29 heavy (non-hydrogen) atoms. The summed E-state index contributed by atoms with van der Waals surface area (Å²) in [6.07, 6.45) is 4.00. The van der Waals surface area contributed by atoms with Gasteiger partial charge in [-0.1, -0.05) is 12.8 Å². The van der Waals surface area contributed by atoms with Gasteiger partial charge in [-0.3, -0.25) is 4.99 Å². The first kappa shape index (κ1) is 21.7. The van der Waals surface area contributed by atoms with Gasteiger partial charge in [-0.25, -0.2) is 4.98 Å². The van der Waals surface area contributed by atoms with Crippen LogP contribution in [0.15, 0.2) is 23.3 Å². The van der Waals surface area contributed by atoms with E-state index in [-0.39, 0.29) is 12.5 Å². The van der Waals surface area contributed by atoms with Crippen LogP contribution in [0.1, 0.15) is 44.1 Å². The Morgan fingerprint density at radius 2 is 1.93 bits per heavy atom. The van der Waals surface area contributed by atoms with Crippen LogP contribution >= 0.6 is 0 Å². The number of aromatic nitrogens is 1. The van der Waals surface area contributed by atoms with Crippen LogP contribution in [0.25, 0.3) is 0 Å². The van der Waals surface area contributed by atoms with Crippen LogP contribution in [0, 0.1) is 0 Å². The maximum absolute atomic E-state index is 12.5. The first-order valence-electron chi connectivity index (χ1n) is 10.3. The quantitative estimate of drug-likeness (QED) is 0.426. The summed E-state index contributed by atoms with van der Waals surface area (Å²) in [4.78, 5) is 10.6. The summed E-state index contributed by atoms with van der Waals surface area (Å²) < 4.78 is 43.0. The first-order chi connectivity index (χ1) is 14.0. The molecule has 0 radical (unpaired) electrons. The lowest BCUT2D eigenvalue weighted by Crippen LogP contribution is -2.50. The zero-order chi connectivity index (χ0) is 20.7. The number of aliphatic imine (C=N–C) groups is 1. The maximum atomic E-state index is 12.5. The third kappa shape index (κ3) is 6.48.